The van der Waals surface area contributed by atoms with Crippen LogP contribution in [0.5, 0.6) is 0 Å². The van der Waals surface area contributed by atoms with Crippen LogP contribution in [-0.2, 0) is 0 Å². The Morgan fingerprint density at radius 1 is 1.23 bits per heavy atom. The molecule has 0 atom stereocenters. The zero-order valence-corrected chi connectivity index (χ0v) is 8.14. The number of nitrogens with one attached hydrogen (secondary N) is 1. The maximum atomic E-state index is 5.37. The first-order chi connectivity index (χ1) is 6.22. The molecule has 0 spiro atoms. The van der Waals surface area contributed by atoms with Crippen LogP contribution in [0.3, 0.4) is 0 Å². The highest BCUT2D eigenvalue weighted by Gasteiger charge is 1.99. The van der Waals surface area contributed by atoms with E-state index in [-0.39, 0.29) is 11.9 Å². The third-order valence-corrected chi connectivity index (χ3v) is 2.08. The van der Waals surface area contributed by atoms with Crippen molar-refractivity contribution in [2.75, 3.05) is 21.9 Å². The SMILES string of the molecule is CCCSNc1nc(N)nc(N)n1. The number of nitrogens with two attached hydrogens (primary N) is 2. The van der Waals surface area contributed by atoms with Gasteiger partial charge in [-0.2, -0.15) is 15.0 Å². The van der Waals surface area contributed by atoms with Gasteiger partial charge in [0, 0.05) is 5.75 Å². The molecule has 0 aliphatic heterocycles. The van der Waals surface area contributed by atoms with Crippen molar-refractivity contribution in [1.82, 2.24) is 15.0 Å². The summed E-state index contributed by atoms with van der Waals surface area (Å²) in [6.45, 7) is 2.09. The lowest BCUT2D eigenvalue weighted by Crippen LogP contribution is -2.05. The fraction of sp³-hybridized carbons (Fsp3) is 0.500. The average molecular weight is 200 g/mol. The molecule has 1 rings (SSSR count). The molecule has 5 N–H and O–H groups in total. The van der Waals surface area contributed by atoms with Crippen LogP contribution in [0, 0.1) is 0 Å². The van der Waals surface area contributed by atoms with E-state index in [1.54, 1.807) is 0 Å². The molecular formula is C6H12N6S. The van der Waals surface area contributed by atoms with Gasteiger partial charge >= 0.3 is 0 Å². The summed E-state index contributed by atoms with van der Waals surface area (Å²) in [6.07, 6.45) is 1.08. The Morgan fingerprint density at radius 2 is 1.85 bits per heavy atom. The second-order valence-electron chi connectivity index (χ2n) is 2.33. The topological polar surface area (TPSA) is 103 Å². The summed E-state index contributed by atoms with van der Waals surface area (Å²) >= 11 is 1.51. The lowest BCUT2D eigenvalue weighted by Gasteiger charge is -2.02. The molecule has 1 aromatic heterocycles. The van der Waals surface area contributed by atoms with E-state index < -0.39 is 0 Å². The standard InChI is InChI=1S/C6H12N6S/c1-2-3-13-12-6-10-4(7)9-5(8)11-6/h2-3H2,1H3,(H5,7,8,9,10,11,12). The molecule has 72 valence electrons. The highest BCUT2D eigenvalue weighted by Crippen LogP contribution is 2.09. The average Bonchev–Trinajstić information content (AvgIpc) is 2.03. The van der Waals surface area contributed by atoms with E-state index in [1.165, 1.54) is 11.9 Å². The maximum Gasteiger partial charge on any atom is 0.239 e. The van der Waals surface area contributed by atoms with E-state index in [9.17, 15) is 0 Å². The molecular weight excluding hydrogens is 188 g/mol. The van der Waals surface area contributed by atoms with Crippen molar-refractivity contribution in [3.8, 4) is 0 Å². The number of rotatable bonds is 4. The fourth-order valence-corrected chi connectivity index (χ4v) is 1.20. The predicted molar refractivity (Wildman–Crippen MR) is 55.0 cm³/mol. The summed E-state index contributed by atoms with van der Waals surface area (Å²) in [5.74, 6) is 1.65. The molecule has 0 radical (unpaired) electrons. The third-order valence-electron chi connectivity index (χ3n) is 1.14. The van der Waals surface area contributed by atoms with E-state index in [0.717, 1.165) is 12.2 Å². The van der Waals surface area contributed by atoms with Gasteiger partial charge in [-0.05, 0) is 6.42 Å². The van der Waals surface area contributed by atoms with Gasteiger partial charge in [-0.25, -0.2) is 0 Å². The Kier molecular flexibility index (Phi) is 3.56. The predicted octanol–water partition coefficient (Wildman–Crippen LogP) is 0.506. The Bertz CT molecular complexity index is 258. The first-order valence-electron chi connectivity index (χ1n) is 3.87. The molecule has 0 unspecified atom stereocenters. The number of hydrogen-bond acceptors (Lipinski definition) is 7. The van der Waals surface area contributed by atoms with Crippen LogP contribution in [0.4, 0.5) is 17.8 Å². The second-order valence-corrected chi connectivity index (χ2v) is 3.23. The summed E-state index contributed by atoms with van der Waals surface area (Å²) in [4.78, 5) is 11.3. The minimum Gasteiger partial charge on any atom is -0.368 e. The van der Waals surface area contributed by atoms with E-state index in [2.05, 4.69) is 26.6 Å². The van der Waals surface area contributed by atoms with Crippen LogP contribution in [0.1, 0.15) is 13.3 Å². The smallest absolute Gasteiger partial charge is 0.239 e. The minimum absolute atomic E-state index is 0.132. The zero-order valence-electron chi connectivity index (χ0n) is 7.32. The lowest BCUT2D eigenvalue weighted by molar-refractivity contribution is 1.09. The molecule has 0 aliphatic carbocycles. The summed E-state index contributed by atoms with van der Waals surface area (Å²) in [7, 11) is 0. The van der Waals surface area contributed by atoms with Gasteiger partial charge in [0.1, 0.15) is 0 Å². The van der Waals surface area contributed by atoms with Gasteiger partial charge in [0.15, 0.2) is 0 Å². The molecule has 0 fully saturated rings. The molecule has 0 aromatic carbocycles. The maximum absolute atomic E-state index is 5.37. The molecule has 0 aliphatic rings. The number of anilines is 3. The van der Waals surface area contributed by atoms with Crippen molar-refractivity contribution < 1.29 is 0 Å². The highest BCUT2D eigenvalue weighted by molar-refractivity contribution is 8.00. The normalized spacial score (nSPS) is 9.92. The minimum atomic E-state index is 0.132. The van der Waals surface area contributed by atoms with Crippen molar-refractivity contribution in [2.24, 2.45) is 0 Å². The van der Waals surface area contributed by atoms with Crippen LogP contribution < -0.4 is 16.2 Å². The van der Waals surface area contributed by atoms with Crippen LogP contribution in [0.2, 0.25) is 0 Å². The first kappa shape index (κ1) is 9.85. The van der Waals surface area contributed by atoms with Gasteiger partial charge in [-0.1, -0.05) is 18.9 Å². The van der Waals surface area contributed by atoms with Crippen molar-refractivity contribution in [3.05, 3.63) is 0 Å². The van der Waals surface area contributed by atoms with Gasteiger partial charge in [0.05, 0.1) is 0 Å². The van der Waals surface area contributed by atoms with Crippen molar-refractivity contribution in [2.45, 2.75) is 13.3 Å². The van der Waals surface area contributed by atoms with E-state index in [0.29, 0.717) is 5.95 Å². The molecule has 1 heterocycles. The molecule has 6 nitrogen and oxygen atoms in total. The van der Waals surface area contributed by atoms with Gasteiger partial charge in [-0.3, -0.25) is 4.72 Å². The van der Waals surface area contributed by atoms with Gasteiger partial charge in [-0.15, -0.1) is 0 Å². The number of aromatic nitrogens is 3. The van der Waals surface area contributed by atoms with Crippen molar-refractivity contribution in [3.63, 3.8) is 0 Å². The molecule has 0 saturated carbocycles. The van der Waals surface area contributed by atoms with Gasteiger partial charge in [0.2, 0.25) is 17.8 Å². The Labute approximate surface area is 80.7 Å². The van der Waals surface area contributed by atoms with E-state index in [4.69, 9.17) is 11.5 Å². The fourth-order valence-electron chi connectivity index (χ4n) is 0.673. The highest BCUT2D eigenvalue weighted by atomic mass is 32.2. The Hall–Kier alpha value is -1.24. The van der Waals surface area contributed by atoms with Crippen LogP contribution in [0.25, 0.3) is 0 Å². The molecule has 0 saturated heterocycles. The number of nitrogen functional groups attached to an aromatic ring is 2. The third kappa shape index (κ3) is 3.32. The van der Waals surface area contributed by atoms with Crippen LogP contribution in [0.15, 0.2) is 0 Å². The second kappa shape index (κ2) is 4.70. The quantitative estimate of drug-likeness (QED) is 0.480. The summed E-state index contributed by atoms with van der Waals surface area (Å²) < 4.78 is 2.92. The van der Waals surface area contributed by atoms with E-state index >= 15 is 0 Å². The monoisotopic (exact) mass is 200 g/mol. The Morgan fingerprint density at radius 3 is 2.38 bits per heavy atom. The Balaban J connectivity index is 2.56. The molecule has 0 amide bonds. The van der Waals surface area contributed by atoms with Crippen molar-refractivity contribution >= 4 is 29.8 Å². The summed E-state index contributed by atoms with van der Waals surface area (Å²) in [5.41, 5.74) is 10.7. The summed E-state index contributed by atoms with van der Waals surface area (Å²) in [5, 5.41) is 0. The van der Waals surface area contributed by atoms with Gasteiger partial charge < -0.3 is 11.5 Å². The summed E-state index contributed by atoms with van der Waals surface area (Å²) in [6, 6.07) is 0. The molecule has 13 heavy (non-hydrogen) atoms. The largest absolute Gasteiger partial charge is 0.368 e. The van der Waals surface area contributed by atoms with Crippen molar-refractivity contribution in [1.29, 1.82) is 0 Å². The number of nitrogens with zero attached hydrogens (tertiary/aromatic N) is 3. The van der Waals surface area contributed by atoms with Gasteiger partial charge in [0.25, 0.3) is 0 Å². The molecule has 1 aromatic rings. The zero-order chi connectivity index (χ0) is 9.68. The van der Waals surface area contributed by atoms with Crippen LogP contribution >= 0.6 is 11.9 Å². The molecule has 0 bridgehead atoms. The first-order valence-corrected chi connectivity index (χ1v) is 4.85. The number of hydrogen-bond donors (Lipinski definition) is 3. The lowest BCUT2D eigenvalue weighted by atomic mass is 10.6. The molecule has 7 heteroatoms. The van der Waals surface area contributed by atoms with E-state index in [1.807, 2.05) is 0 Å². The van der Waals surface area contributed by atoms with Crippen LogP contribution in [-0.4, -0.2) is 20.7 Å².